The molecule has 3 aliphatic rings. The van der Waals surface area contributed by atoms with Gasteiger partial charge in [0.1, 0.15) is 12.2 Å². The molecule has 5 atom stereocenters. The van der Waals surface area contributed by atoms with Gasteiger partial charge in [-0.3, -0.25) is 4.18 Å². The van der Waals surface area contributed by atoms with E-state index in [0.717, 1.165) is 6.42 Å². The van der Waals surface area contributed by atoms with Gasteiger partial charge in [0.2, 0.25) is 0 Å². The van der Waals surface area contributed by atoms with E-state index in [2.05, 4.69) is 6.58 Å². The highest BCUT2D eigenvalue weighted by molar-refractivity contribution is 7.87. The predicted octanol–water partition coefficient (Wildman–Crippen LogP) is 0.652. The van der Waals surface area contributed by atoms with Gasteiger partial charge in [-0.1, -0.05) is 6.58 Å². The maximum absolute atomic E-state index is 11.5. The molecule has 14 heavy (non-hydrogen) atoms. The van der Waals surface area contributed by atoms with Crippen molar-refractivity contribution >= 4 is 10.1 Å². The summed E-state index contributed by atoms with van der Waals surface area (Å²) in [5.74, 6) is 0.500. The zero-order valence-corrected chi connectivity index (χ0v) is 8.44. The monoisotopic (exact) mass is 216 g/mol. The van der Waals surface area contributed by atoms with Crippen LogP contribution < -0.4 is 0 Å². The molecule has 2 bridgehead atoms. The Morgan fingerprint density at radius 1 is 1.43 bits per heavy atom. The maximum atomic E-state index is 11.5. The number of rotatable bonds is 2. The van der Waals surface area contributed by atoms with Gasteiger partial charge < -0.3 is 4.74 Å². The van der Waals surface area contributed by atoms with Gasteiger partial charge in [0.25, 0.3) is 10.1 Å². The third kappa shape index (κ3) is 0.892. The predicted molar refractivity (Wildman–Crippen MR) is 48.9 cm³/mol. The first kappa shape index (κ1) is 8.73. The maximum Gasteiger partial charge on any atom is 0.271 e. The van der Waals surface area contributed by atoms with Crippen LogP contribution in [0.4, 0.5) is 0 Å². The number of hydrogen-bond donors (Lipinski definition) is 0. The summed E-state index contributed by atoms with van der Waals surface area (Å²) in [5, 5.41) is -0.262. The molecule has 4 nitrogen and oxygen atoms in total. The van der Waals surface area contributed by atoms with Crippen molar-refractivity contribution in [1.29, 1.82) is 0 Å². The molecule has 5 heteroatoms. The molecule has 3 rings (SSSR count). The first-order valence-corrected chi connectivity index (χ1v) is 6.29. The van der Waals surface area contributed by atoms with Crippen LogP contribution >= 0.6 is 0 Å². The zero-order chi connectivity index (χ0) is 9.92. The average Bonchev–Trinajstić information content (AvgIpc) is 2.68. The minimum Gasteiger partial charge on any atom is -0.496 e. The van der Waals surface area contributed by atoms with E-state index in [1.807, 2.05) is 0 Å². The fourth-order valence-electron chi connectivity index (χ4n) is 3.18. The summed E-state index contributed by atoms with van der Waals surface area (Å²) in [6.07, 6.45) is 2.66. The largest absolute Gasteiger partial charge is 0.496 e. The fourth-order valence-corrected chi connectivity index (χ4v) is 5.06. The summed E-state index contributed by atoms with van der Waals surface area (Å²) in [6.45, 7) is 3.50. The highest BCUT2D eigenvalue weighted by Gasteiger charge is 2.64. The summed E-state index contributed by atoms with van der Waals surface area (Å²) < 4.78 is 33.5. The van der Waals surface area contributed by atoms with Crippen LogP contribution in [0.2, 0.25) is 0 Å². The summed E-state index contributed by atoms with van der Waals surface area (Å²) in [5.41, 5.74) is 0. The molecule has 0 N–H and O–H groups in total. The number of ether oxygens (including phenoxy) is 1. The summed E-state index contributed by atoms with van der Waals surface area (Å²) in [6, 6.07) is 0. The third-order valence-corrected chi connectivity index (χ3v) is 5.44. The van der Waals surface area contributed by atoms with E-state index < -0.39 is 10.1 Å². The molecule has 2 aliphatic carbocycles. The van der Waals surface area contributed by atoms with Crippen LogP contribution in [0, 0.1) is 11.8 Å². The van der Waals surface area contributed by atoms with Gasteiger partial charge in [-0.05, 0) is 12.8 Å². The average molecular weight is 216 g/mol. The first-order valence-electron chi connectivity index (χ1n) is 4.82. The molecule has 0 aromatic rings. The highest BCUT2D eigenvalue weighted by atomic mass is 32.2. The first-order chi connectivity index (χ1) is 6.63. The Labute approximate surface area is 83.0 Å². The molecule has 5 unspecified atom stereocenters. The molecule has 3 fully saturated rings. The van der Waals surface area contributed by atoms with Gasteiger partial charge >= 0.3 is 0 Å². The minimum absolute atomic E-state index is 0.0916. The van der Waals surface area contributed by atoms with Crippen LogP contribution in [0.15, 0.2) is 12.8 Å². The second-order valence-corrected chi connectivity index (χ2v) is 6.04. The van der Waals surface area contributed by atoms with E-state index in [1.54, 1.807) is 0 Å². The fraction of sp³-hybridized carbons (Fsp3) is 0.778. The molecular formula is C9H12O4S. The van der Waals surface area contributed by atoms with Gasteiger partial charge in [0.05, 0.1) is 11.5 Å². The van der Waals surface area contributed by atoms with Crippen LogP contribution in [0.25, 0.3) is 0 Å². The zero-order valence-electron chi connectivity index (χ0n) is 7.63. The lowest BCUT2D eigenvalue weighted by Gasteiger charge is -2.23. The Bertz CT molecular complexity index is 374. The SMILES string of the molecule is C=COC1C2CC3C1OS(=O)(=O)C3C2. The third-order valence-electron chi connectivity index (χ3n) is 3.67. The Kier molecular flexibility index (Phi) is 1.57. The van der Waals surface area contributed by atoms with Crippen molar-refractivity contribution in [2.24, 2.45) is 11.8 Å². The van der Waals surface area contributed by atoms with Crippen molar-refractivity contribution in [3.63, 3.8) is 0 Å². The quantitative estimate of drug-likeness (QED) is 0.502. The van der Waals surface area contributed by atoms with Crippen molar-refractivity contribution in [3.8, 4) is 0 Å². The van der Waals surface area contributed by atoms with Crippen LogP contribution in [0.1, 0.15) is 12.8 Å². The molecule has 1 aliphatic heterocycles. The molecule has 1 heterocycles. The van der Waals surface area contributed by atoms with Crippen molar-refractivity contribution in [2.45, 2.75) is 30.3 Å². The standard InChI is InChI=1S/C9H12O4S/c1-2-12-8-5-3-6-7(4-5)14(10,11)13-9(6)8/h2,5-9H,1,3-4H2. The normalized spacial score (nSPS) is 52.1. The Hall–Kier alpha value is -0.550. The van der Waals surface area contributed by atoms with E-state index in [1.165, 1.54) is 6.26 Å². The van der Waals surface area contributed by atoms with Gasteiger partial charge in [0.15, 0.2) is 0 Å². The molecule has 0 radical (unpaired) electrons. The summed E-state index contributed by atoms with van der Waals surface area (Å²) in [7, 11) is -3.30. The van der Waals surface area contributed by atoms with E-state index >= 15 is 0 Å². The molecule has 0 amide bonds. The molecule has 2 saturated carbocycles. The second kappa shape index (κ2) is 2.52. The van der Waals surface area contributed by atoms with Crippen LogP contribution in [0.3, 0.4) is 0 Å². The van der Waals surface area contributed by atoms with E-state index in [9.17, 15) is 8.42 Å². The van der Waals surface area contributed by atoms with Gasteiger partial charge in [-0.15, -0.1) is 0 Å². The van der Waals surface area contributed by atoms with E-state index in [-0.39, 0.29) is 23.4 Å². The van der Waals surface area contributed by atoms with Gasteiger partial charge in [-0.2, -0.15) is 8.42 Å². The van der Waals surface area contributed by atoms with E-state index in [4.69, 9.17) is 8.92 Å². The van der Waals surface area contributed by atoms with Crippen molar-refractivity contribution < 1.29 is 17.3 Å². The number of hydrogen-bond acceptors (Lipinski definition) is 4. The Morgan fingerprint density at radius 3 is 2.93 bits per heavy atom. The molecule has 0 aromatic heterocycles. The van der Waals surface area contributed by atoms with Crippen LogP contribution in [0.5, 0.6) is 0 Å². The highest BCUT2D eigenvalue weighted by Crippen LogP contribution is 2.55. The molecule has 1 saturated heterocycles. The van der Waals surface area contributed by atoms with Crippen molar-refractivity contribution in [1.82, 2.24) is 0 Å². The second-order valence-electron chi connectivity index (χ2n) is 4.25. The lowest BCUT2D eigenvalue weighted by atomic mass is 9.94. The van der Waals surface area contributed by atoms with Crippen molar-refractivity contribution in [3.05, 3.63) is 12.8 Å². The number of fused-ring (bicyclic) bond motifs is 1. The minimum atomic E-state index is -3.30. The lowest BCUT2D eigenvalue weighted by molar-refractivity contribution is 0.0134. The summed E-state index contributed by atoms with van der Waals surface area (Å²) >= 11 is 0. The van der Waals surface area contributed by atoms with Crippen LogP contribution in [-0.2, 0) is 19.0 Å². The van der Waals surface area contributed by atoms with E-state index in [0.29, 0.717) is 12.3 Å². The lowest BCUT2D eigenvalue weighted by Crippen LogP contribution is -2.34. The van der Waals surface area contributed by atoms with Gasteiger partial charge in [-0.25, -0.2) is 0 Å². The topological polar surface area (TPSA) is 52.6 Å². The molecule has 78 valence electrons. The Balaban J connectivity index is 1.97. The molecule has 0 spiro atoms. The smallest absolute Gasteiger partial charge is 0.271 e. The molecule has 0 aromatic carbocycles. The Morgan fingerprint density at radius 2 is 2.21 bits per heavy atom. The summed E-state index contributed by atoms with van der Waals surface area (Å²) in [4.78, 5) is 0. The van der Waals surface area contributed by atoms with Gasteiger partial charge in [0, 0.05) is 11.8 Å². The van der Waals surface area contributed by atoms with Crippen molar-refractivity contribution in [2.75, 3.05) is 0 Å². The van der Waals surface area contributed by atoms with Crippen LogP contribution in [-0.4, -0.2) is 25.9 Å². The molecular weight excluding hydrogens is 204 g/mol.